The molecule has 0 aliphatic heterocycles. The van der Waals surface area contributed by atoms with Gasteiger partial charge in [-0.2, -0.15) is 0 Å². The van der Waals surface area contributed by atoms with Crippen LogP contribution < -0.4 is 0 Å². The fourth-order valence-electron chi connectivity index (χ4n) is 0. The zero-order valence-electron chi connectivity index (χ0n) is 15.4. The molecule has 0 bridgehead atoms. The quantitative estimate of drug-likeness (QED) is 0.436. The van der Waals surface area contributed by atoms with Crippen LogP contribution in [0.15, 0.2) is 48.6 Å². The van der Waals surface area contributed by atoms with Crippen LogP contribution in [0.3, 0.4) is 0 Å². The summed E-state index contributed by atoms with van der Waals surface area (Å²) >= 11 is 0. The maximum atomic E-state index is 9.60. The van der Waals surface area contributed by atoms with Gasteiger partial charge in [-0.3, -0.25) is 0 Å². The van der Waals surface area contributed by atoms with Crippen LogP contribution in [0.25, 0.3) is 0 Å². The lowest BCUT2D eigenvalue weighted by atomic mass is 10.4. The van der Waals surface area contributed by atoms with E-state index >= 15 is 0 Å². The van der Waals surface area contributed by atoms with Crippen LogP contribution in [-0.4, -0.2) is 44.3 Å². The predicted molar refractivity (Wildman–Crippen MR) is 99.7 cm³/mol. The highest BCUT2D eigenvalue weighted by atomic mass is 16.4. The monoisotopic (exact) mass is 370 g/mol. The molecule has 0 aliphatic carbocycles. The average molecular weight is 370 g/mol. The summed E-state index contributed by atoms with van der Waals surface area (Å²) in [7, 11) is 0. The highest BCUT2D eigenvalue weighted by molar-refractivity contribution is 5.85. The standard InChI is InChI=1S/4C4H6O2.C2H2/c4*1-3(2)4(5)6;1-2/h4*1H2,2H3,(H,5,6);1-2H. The Kier molecular flexibility index (Phi) is 27.9. The van der Waals surface area contributed by atoms with E-state index < -0.39 is 23.9 Å². The van der Waals surface area contributed by atoms with Gasteiger partial charge in [0, 0.05) is 22.3 Å². The molecule has 0 aromatic carbocycles. The van der Waals surface area contributed by atoms with Crippen LogP contribution in [0, 0.1) is 12.8 Å². The third-order valence-corrected chi connectivity index (χ3v) is 1.46. The maximum absolute atomic E-state index is 9.60. The van der Waals surface area contributed by atoms with Gasteiger partial charge in [0.05, 0.1) is 0 Å². The Morgan fingerprint density at radius 1 is 0.500 bits per heavy atom. The lowest BCUT2D eigenvalue weighted by Gasteiger charge is -1.79. The van der Waals surface area contributed by atoms with Gasteiger partial charge >= 0.3 is 23.9 Å². The van der Waals surface area contributed by atoms with Crippen LogP contribution in [0.5, 0.6) is 0 Å². The molecule has 0 aromatic heterocycles. The molecule has 0 unspecified atom stereocenters. The number of rotatable bonds is 4. The van der Waals surface area contributed by atoms with Gasteiger partial charge in [0.15, 0.2) is 0 Å². The number of carboxylic acids is 4. The molecule has 0 amide bonds. The zero-order valence-corrected chi connectivity index (χ0v) is 15.4. The summed E-state index contributed by atoms with van der Waals surface area (Å²) in [5, 5.41) is 31.6. The number of carboxylic acid groups (broad SMARTS) is 4. The SMILES string of the molecule is C#C.C=C(C)C(=O)O.C=C(C)C(=O)O.C=C(C)C(=O)O.C=C(C)C(=O)O. The first-order valence-corrected chi connectivity index (χ1v) is 6.46. The van der Waals surface area contributed by atoms with E-state index in [0.717, 1.165) is 0 Å². The highest BCUT2D eigenvalue weighted by Crippen LogP contribution is 1.82. The summed E-state index contributed by atoms with van der Waals surface area (Å²) in [6, 6.07) is 0. The largest absolute Gasteiger partial charge is 0.478 e. The molecule has 0 rings (SSSR count). The van der Waals surface area contributed by atoms with Gasteiger partial charge in [0.1, 0.15) is 0 Å². The van der Waals surface area contributed by atoms with E-state index in [1.165, 1.54) is 27.7 Å². The van der Waals surface area contributed by atoms with E-state index in [0.29, 0.717) is 0 Å². The second-order valence-corrected chi connectivity index (χ2v) is 4.34. The smallest absolute Gasteiger partial charge is 0.330 e. The molecule has 0 aliphatic rings. The Hall–Kier alpha value is -3.60. The molecule has 0 atom stereocenters. The van der Waals surface area contributed by atoms with Crippen molar-refractivity contribution in [2.45, 2.75) is 27.7 Å². The molecule has 0 saturated heterocycles. The molecule has 4 N–H and O–H groups in total. The Labute approximate surface area is 153 Å². The predicted octanol–water partition coefficient (Wildman–Crippen LogP) is 2.84. The second-order valence-electron chi connectivity index (χ2n) is 4.34. The molecule has 0 spiro atoms. The number of terminal acetylenes is 1. The second kappa shape index (κ2) is 21.4. The fraction of sp³-hybridized carbons (Fsp3) is 0.222. The van der Waals surface area contributed by atoms with Crippen molar-refractivity contribution in [2.24, 2.45) is 0 Å². The molecular weight excluding hydrogens is 344 g/mol. The Bertz CT molecular complexity index is 421. The summed E-state index contributed by atoms with van der Waals surface area (Å²) in [6.45, 7) is 18.4. The van der Waals surface area contributed by atoms with Crippen molar-refractivity contribution in [3.8, 4) is 12.8 Å². The average Bonchev–Trinajstić information content (AvgIpc) is 2.50. The molecule has 26 heavy (non-hydrogen) atoms. The van der Waals surface area contributed by atoms with Gasteiger partial charge in [-0.15, -0.1) is 12.8 Å². The van der Waals surface area contributed by atoms with Crippen molar-refractivity contribution in [1.82, 2.24) is 0 Å². The molecule has 0 saturated carbocycles. The zero-order chi connectivity index (χ0) is 22.6. The van der Waals surface area contributed by atoms with Gasteiger partial charge in [0.2, 0.25) is 0 Å². The minimum absolute atomic E-state index is 0.176. The summed E-state index contributed by atoms with van der Waals surface area (Å²) in [5.41, 5.74) is 0.704. The molecule has 0 aromatic rings. The van der Waals surface area contributed by atoms with Crippen molar-refractivity contribution in [3.63, 3.8) is 0 Å². The summed E-state index contributed by atoms with van der Waals surface area (Å²) < 4.78 is 0. The van der Waals surface area contributed by atoms with Crippen molar-refractivity contribution in [1.29, 1.82) is 0 Å². The molecule has 0 radical (unpaired) electrons. The van der Waals surface area contributed by atoms with Gasteiger partial charge in [-0.05, 0) is 27.7 Å². The van der Waals surface area contributed by atoms with Crippen LogP contribution in [0.2, 0.25) is 0 Å². The van der Waals surface area contributed by atoms with Crippen molar-refractivity contribution >= 4 is 23.9 Å². The minimum atomic E-state index is -0.935. The molecule has 8 heteroatoms. The first-order valence-electron chi connectivity index (χ1n) is 6.46. The van der Waals surface area contributed by atoms with Gasteiger partial charge < -0.3 is 20.4 Å². The van der Waals surface area contributed by atoms with E-state index in [9.17, 15) is 19.2 Å². The van der Waals surface area contributed by atoms with Crippen LogP contribution >= 0.6 is 0 Å². The fourth-order valence-corrected chi connectivity index (χ4v) is 0. The van der Waals surface area contributed by atoms with Crippen LogP contribution in [0.1, 0.15) is 27.7 Å². The molecule has 146 valence electrons. The number of hydrogen-bond donors (Lipinski definition) is 4. The molecule has 0 fully saturated rings. The maximum Gasteiger partial charge on any atom is 0.330 e. The molecular formula is C18H26O8. The van der Waals surface area contributed by atoms with Crippen LogP contribution in [-0.2, 0) is 19.2 Å². The molecule has 8 nitrogen and oxygen atoms in total. The Morgan fingerprint density at radius 3 is 0.538 bits per heavy atom. The van der Waals surface area contributed by atoms with Gasteiger partial charge in [0.25, 0.3) is 0 Å². The Morgan fingerprint density at radius 2 is 0.538 bits per heavy atom. The van der Waals surface area contributed by atoms with E-state index in [4.69, 9.17) is 20.4 Å². The van der Waals surface area contributed by atoms with E-state index in [1.54, 1.807) is 0 Å². The number of hydrogen-bond acceptors (Lipinski definition) is 4. The molecule has 0 heterocycles. The first-order chi connectivity index (χ1) is 11.6. The summed E-state index contributed by atoms with van der Waals surface area (Å²) in [4.78, 5) is 38.4. The minimum Gasteiger partial charge on any atom is -0.478 e. The van der Waals surface area contributed by atoms with Crippen molar-refractivity contribution < 1.29 is 39.6 Å². The lowest BCUT2D eigenvalue weighted by molar-refractivity contribution is -0.133. The normalized spacial score (nSPS) is 7.00. The summed E-state index contributed by atoms with van der Waals surface area (Å²) in [6.07, 6.45) is 8.00. The lowest BCUT2D eigenvalue weighted by Crippen LogP contribution is -1.92. The number of aliphatic carboxylic acids is 4. The van der Waals surface area contributed by atoms with Crippen molar-refractivity contribution in [3.05, 3.63) is 48.6 Å². The first kappa shape index (κ1) is 33.9. The van der Waals surface area contributed by atoms with Gasteiger partial charge in [-0.1, -0.05) is 26.3 Å². The summed E-state index contributed by atoms with van der Waals surface area (Å²) in [5.74, 6) is -3.74. The van der Waals surface area contributed by atoms with E-state index in [2.05, 4.69) is 39.2 Å². The third-order valence-electron chi connectivity index (χ3n) is 1.46. The third kappa shape index (κ3) is 49.9. The van der Waals surface area contributed by atoms with Gasteiger partial charge in [-0.25, -0.2) is 19.2 Å². The topological polar surface area (TPSA) is 149 Å². The van der Waals surface area contributed by atoms with Crippen LogP contribution in [0.4, 0.5) is 0 Å². The van der Waals surface area contributed by atoms with E-state index in [1.807, 2.05) is 0 Å². The van der Waals surface area contributed by atoms with Crippen molar-refractivity contribution in [2.75, 3.05) is 0 Å². The Balaban J connectivity index is -0.0000000729. The van der Waals surface area contributed by atoms with E-state index in [-0.39, 0.29) is 22.3 Å². The number of carbonyl (C=O) groups is 4. The highest BCUT2D eigenvalue weighted by Gasteiger charge is 1.91.